The van der Waals surface area contributed by atoms with Gasteiger partial charge >= 0.3 is 6.18 Å². The van der Waals surface area contributed by atoms with Crippen LogP contribution in [0.3, 0.4) is 0 Å². The van der Waals surface area contributed by atoms with E-state index in [1.165, 1.54) is 26.4 Å². The van der Waals surface area contributed by atoms with Gasteiger partial charge in [0.1, 0.15) is 11.5 Å². The number of rotatable bonds is 6. The summed E-state index contributed by atoms with van der Waals surface area (Å²) >= 11 is 0. The van der Waals surface area contributed by atoms with Crippen LogP contribution in [0.25, 0.3) is 5.69 Å². The van der Waals surface area contributed by atoms with Crippen LogP contribution in [-0.2, 0) is 6.18 Å². The molecular formula is C20H17F3N4O3. The summed E-state index contributed by atoms with van der Waals surface area (Å²) in [6.07, 6.45) is -3.66. The standard InChI is InChI=1S/C20H17F3N4O3/c1-29-15-8-14(9-16(10-15)30-2)27-18(11-17(26-27)20(21,22)23)24-12-25-19(28)13-6-4-3-5-7-13/h3-12H,1-2H3,(H,24,25,28). The summed E-state index contributed by atoms with van der Waals surface area (Å²) in [5.74, 6) is 0.122. The zero-order chi connectivity index (χ0) is 21.7. The van der Waals surface area contributed by atoms with Gasteiger partial charge in [-0.3, -0.25) is 4.79 Å². The molecule has 30 heavy (non-hydrogen) atoms. The van der Waals surface area contributed by atoms with Crippen molar-refractivity contribution >= 4 is 18.1 Å². The fourth-order valence-corrected chi connectivity index (χ4v) is 2.54. The topological polar surface area (TPSA) is 77.7 Å². The number of methoxy groups -OCH3 is 2. The number of carbonyl (C=O) groups excluding carboxylic acids is 1. The summed E-state index contributed by atoms with van der Waals surface area (Å²) in [5, 5.41) is 6.03. The maximum atomic E-state index is 13.2. The highest BCUT2D eigenvalue weighted by Gasteiger charge is 2.35. The Morgan fingerprint density at radius 3 is 2.27 bits per heavy atom. The smallest absolute Gasteiger partial charge is 0.435 e. The zero-order valence-corrected chi connectivity index (χ0v) is 16.0. The largest absolute Gasteiger partial charge is 0.497 e. The van der Waals surface area contributed by atoms with Crippen molar-refractivity contribution in [2.75, 3.05) is 14.2 Å². The monoisotopic (exact) mass is 418 g/mol. The summed E-state index contributed by atoms with van der Waals surface area (Å²) in [6, 6.07) is 13.6. The number of amides is 1. The summed E-state index contributed by atoms with van der Waals surface area (Å²) in [5.41, 5.74) is -0.514. The lowest BCUT2D eigenvalue weighted by atomic mass is 10.2. The van der Waals surface area contributed by atoms with E-state index < -0.39 is 17.8 Å². The van der Waals surface area contributed by atoms with Gasteiger partial charge in [0, 0.05) is 29.8 Å². The van der Waals surface area contributed by atoms with E-state index in [2.05, 4.69) is 15.4 Å². The van der Waals surface area contributed by atoms with Crippen molar-refractivity contribution in [1.82, 2.24) is 15.1 Å². The SMILES string of the molecule is COc1cc(OC)cc(-n2nc(C(F)(F)F)cc2N=CNC(=O)c2ccccc2)c1. The van der Waals surface area contributed by atoms with E-state index in [9.17, 15) is 18.0 Å². The third kappa shape index (κ3) is 4.77. The molecule has 0 aliphatic carbocycles. The number of benzene rings is 2. The minimum absolute atomic E-state index is 0.147. The first-order valence-corrected chi connectivity index (χ1v) is 8.61. The molecule has 1 amide bonds. The Labute approximate surface area is 169 Å². The maximum absolute atomic E-state index is 13.2. The quantitative estimate of drug-likeness (QED) is 0.485. The van der Waals surface area contributed by atoms with Crippen molar-refractivity contribution in [2.45, 2.75) is 6.18 Å². The third-order valence-corrected chi connectivity index (χ3v) is 3.99. The van der Waals surface area contributed by atoms with Crippen LogP contribution >= 0.6 is 0 Å². The van der Waals surface area contributed by atoms with Crippen molar-refractivity contribution in [3.05, 3.63) is 65.9 Å². The molecule has 3 rings (SSSR count). The Balaban J connectivity index is 1.96. The van der Waals surface area contributed by atoms with E-state index in [0.29, 0.717) is 17.1 Å². The summed E-state index contributed by atoms with van der Waals surface area (Å²) in [6.45, 7) is 0. The second-order valence-electron chi connectivity index (χ2n) is 5.97. The van der Waals surface area contributed by atoms with Crippen LogP contribution in [0.1, 0.15) is 16.1 Å². The Kier molecular flexibility index (Phi) is 6.05. The molecular weight excluding hydrogens is 401 g/mol. The predicted octanol–water partition coefficient (Wildman–Crippen LogP) is 4.00. The van der Waals surface area contributed by atoms with Crippen molar-refractivity contribution in [1.29, 1.82) is 0 Å². The lowest BCUT2D eigenvalue weighted by Crippen LogP contribution is -2.21. The number of aromatic nitrogens is 2. The first kappa shape index (κ1) is 20.9. The van der Waals surface area contributed by atoms with Gasteiger partial charge < -0.3 is 14.8 Å². The Hall–Kier alpha value is -3.82. The predicted molar refractivity (Wildman–Crippen MR) is 104 cm³/mol. The van der Waals surface area contributed by atoms with E-state index in [0.717, 1.165) is 17.1 Å². The summed E-state index contributed by atoms with van der Waals surface area (Å²) in [7, 11) is 2.84. The van der Waals surface area contributed by atoms with Crippen LogP contribution in [0.2, 0.25) is 0 Å². The van der Waals surface area contributed by atoms with Crippen molar-refractivity contribution < 1.29 is 27.4 Å². The minimum atomic E-state index is -4.67. The second-order valence-corrected chi connectivity index (χ2v) is 5.97. The molecule has 0 aliphatic heterocycles. The highest BCUT2D eigenvalue weighted by molar-refractivity contribution is 6.00. The maximum Gasteiger partial charge on any atom is 0.435 e. The third-order valence-electron chi connectivity index (χ3n) is 3.99. The van der Waals surface area contributed by atoms with Gasteiger partial charge in [-0.05, 0) is 12.1 Å². The minimum Gasteiger partial charge on any atom is -0.497 e. The lowest BCUT2D eigenvalue weighted by Gasteiger charge is -2.10. The molecule has 0 saturated carbocycles. The van der Waals surface area contributed by atoms with Gasteiger partial charge in [0.15, 0.2) is 11.5 Å². The average Bonchev–Trinajstić information content (AvgIpc) is 3.18. The van der Waals surface area contributed by atoms with E-state index in [1.807, 2.05) is 0 Å². The van der Waals surface area contributed by atoms with E-state index in [-0.39, 0.29) is 11.5 Å². The summed E-state index contributed by atoms with van der Waals surface area (Å²) in [4.78, 5) is 16.0. The number of carbonyl (C=O) groups is 1. The number of alkyl halides is 3. The molecule has 10 heteroatoms. The first-order chi connectivity index (χ1) is 14.3. The molecule has 7 nitrogen and oxygen atoms in total. The lowest BCUT2D eigenvalue weighted by molar-refractivity contribution is -0.141. The highest BCUT2D eigenvalue weighted by Crippen LogP contribution is 2.33. The molecule has 1 heterocycles. The molecule has 0 spiro atoms. The Morgan fingerprint density at radius 1 is 1.07 bits per heavy atom. The fraction of sp³-hybridized carbons (Fsp3) is 0.150. The van der Waals surface area contributed by atoms with Gasteiger partial charge in [0.2, 0.25) is 0 Å². The number of nitrogens with one attached hydrogen (secondary N) is 1. The molecule has 2 aromatic carbocycles. The van der Waals surface area contributed by atoms with Gasteiger partial charge in [-0.25, -0.2) is 9.67 Å². The zero-order valence-electron chi connectivity index (χ0n) is 16.0. The van der Waals surface area contributed by atoms with Gasteiger partial charge in [-0.15, -0.1) is 0 Å². The van der Waals surface area contributed by atoms with Crippen molar-refractivity contribution in [3.8, 4) is 17.2 Å². The van der Waals surface area contributed by atoms with Crippen LogP contribution in [-0.4, -0.2) is 36.2 Å². The van der Waals surface area contributed by atoms with Crippen LogP contribution in [0.5, 0.6) is 11.5 Å². The van der Waals surface area contributed by atoms with Gasteiger partial charge in [0.25, 0.3) is 5.91 Å². The number of halogens is 3. The Morgan fingerprint density at radius 2 is 1.70 bits per heavy atom. The molecule has 0 radical (unpaired) electrons. The van der Waals surface area contributed by atoms with Gasteiger partial charge in [0.05, 0.1) is 26.2 Å². The highest BCUT2D eigenvalue weighted by atomic mass is 19.4. The number of hydrogen-bond donors (Lipinski definition) is 1. The van der Waals surface area contributed by atoms with Crippen LogP contribution in [0.15, 0.2) is 59.6 Å². The number of hydrogen-bond acceptors (Lipinski definition) is 5. The average molecular weight is 418 g/mol. The van der Waals surface area contributed by atoms with Gasteiger partial charge in [-0.2, -0.15) is 18.3 Å². The molecule has 1 aromatic heterocycles. The van der Waals surface area contributed by atoms with Crippen molar-refractivity contribution in [3.63, 3.8) is 0 Å². The second kappa shape index (κ2) is 8.68. The Bertz CT molecular complexity index is 1040. The number of ether oxygens (including phenoxy) is 2. The molecule has 156 valence electrons. The molecule has 0 fully saturated rings. The first-order valence-electron chi connectivity index (χ1n) is 8.61. The van der Waals surface area contributed by atoms with E-state index in [4.69, 9.17) is 9.47 Å². The number of aliphatic imine (C=N–C) groups is 1. The molecule has 1 N–H and O–H groups in total. The molecule has 0 atom stereocenters. The normalized spacial score (nSPS) is 11.5. The summed E-state index contributed by atoms with van der Waals surface area (Å²) < 4.78 is 50.9. The number of nitrogens with zero attached hydrogens (tertiary/aromatic N) is 3. The molecule has 0 saturated heterocycles. The van der Waals surface area contributed by atoms with E-state index in [1.54, 1.807) is 36.4 Å². The van der Waals surface area contributed by atoms with Crippen LogP contribution in [0.4, 0.5) is 19.0 Å². The van der Waals surface area contributed by atoms with Gasteiger partial charge in [-0.1, -0.05) is 18.2 Å². The van der Waals surface area contributed by atoms with Crippen LogP contribution < -0.4 is 14.8 Å². The molecule has 0 unspecified atom stereocenters. The fourth-order valence-electron chi connectivity index (χ4n) is 2.54. The van der Waals surface area contributed by atoms with Crippen molar-refractivity contribution in [2.24, 2.45) is 4.99 Å². The van der Waals surface area contributed by atoms with Crippen LogP contribution in [0, 0.1) is 0 Å². The molecule has 0 aliphatic rings. The molecule has 0 bridgehead atoms. The van der Waals surface area contributed by atoms with E-state index >= 15 is 0 Å². The molecule has 3 aromatic rings.